The van der Waals surface area contributed by atoms with Gasteiger partial charge in [0.1, 0.15) is 11.6 Å². The van der Waals surface area contributed by atoms with E-state index < -0.39 is 0 Å². The van der Waals surface area contributed by atoms with Crippen LogP contribution >= 0.6 is 15.9 Å². The second kappa shape index (κ2) is 5.17. The lowest BCUT2D eigenvalue weighted by atomic mass is 9.89. The van der Waals surface area contributed by atoms with Gasteiger partial charge in [-0.15, -0.1) is 0 Å². The Morgan fingerprint density at radius 3 is 2.56 bits per heavy atom. The molecule has 1 N–H and O–H groups in total. The number of halogens is 2. The van der Waals surface area contributed by atoms with E-state index in [0.29, 0.717) is 12.0 Å². The molecule has 1 aromatic rings. The van der Waals surface area contributed by atoms with Gasteiger partial charge in [0.2, 0.25) is 0 Å². The molecule has 0 bridgehead atoms. The van der Waals surface area contributed by atoms with E-state index >= 15 is 0 Å². The fourth-order valence-electron chi connectivity index (χ4n) is 2.49. The van der Waals surface area contributed by atoms with Gasteiger partial charge < -0.3 is 10.1 Å². The zero-order chi connectivity index (χ0) is 12.5. The molecule has 0 unspecified atom stereocenters. The molecule has 0 amide bonds. The van der Waals surface area contributed by atoms with Gasteiger partial charge in [0.15, 0.2) is 0 Å². The molecule has 1 aliphatic carbocycles. The number of nitrogens with one attached hydrogen (secondary N) is 1. The van der Waals surface area contributed by atoms with Crippen molar-refractivity contribution in [3.63, 3.8) is 0 Å². The predicted octanol–water partition coefficient (Wildman–Crippen LogP) is 3.60. The van der Waals surface area contributed by atoms with Crippen molar-refractivity contribution in [3.05, 3.63) is 28.0 Å². The number of hydrogen-bond donors (Lipinski definition) is 1. The van der Waals surface area contributed by atoms with E-state index in [1.54, 1.807) is 6.07 Å². The Morgan fingerprint density at radius 2 is 1.89 bits per heavy atom. The highest BCUT2D eigenvalue weighted by molar-refractivity contribution is 9.10. The summed E-state index contributed by atoms with van der Waals surface area (Å²) < 4.78 is 20.3. The molecule has 0 atom stereocenters. The standard InChI is InChI=1S/C14H17BrFNO/c15-13-8-10(16)7-12(9-3-5-17-6-4-9)14(13)18-11-1-2-11/h7-9,11,17H,1-6H2. The fourth-order valence-corrected chi connectivity index (χ4v) is 3.03. The van der Waals surface area contributed by atoms with Gasteiger partial charge in [-0.3, -0.25) is 0 Å². The second-order valence-electron chi connectivity index (χ2n) is 5.15. The number of benzene rings is 1. The Balaban J connectivity index is 1.92. The highest BCUT2D eigenvalue weighted by Gasteiger charge is 2.28. The molecular weight excluding hydrogens is 297 g/mol. The van der Waals surface area contributed by atoms with Gasteiger partial charge in [-0.1, -0.05) is 0 Å². The van der Waals surface area contributed by atoms with Gasteiger partial charge in [0.05, 0.1) is 10.6 Å². The lowest BCUT2D eigenvalue weighted by molar-refractivity contribution is 0.292. The Labute approximate surface area is 115 Å². The van der Waals surface area contributed by atoms with Crippen LogP contribution in [-0.2, 0) is 0 Å². The molecule has 1 aromatic carbocycles. The summed E-state index contributed by atoms with van der Waals surface area (Å²) >= 11 is 3.44. The predicted molar refractivity (Wildman–Crippen MR) is 72.6 cm³/mol. The Bertz CT molecular complexity index is 442. The smallest absolute Gasteiger partial charge is 0.137 e. The summed E-state index contributed by atoms with van der Waals surface area (Å²) in [5, 5.41) is 3.34. The third-order valence-electron chi connectivity index (χ3n) is 3.62. The van der Waals surface area contributed by atoms with Crippen molar-refractivity contribution in [3.8, 4) is 5.75 Å². The molecule has 0 spiro atoms. The van der Waals surface area contributed by atoms with Gasteiger partial charge in [0.25, 0.3) is 0 Å². The average molecular weight is 314 g/mol. The van der Waals surface area contributed by atoms with Crippen molar-refractivity contribution < 1.29 is 9.13 Å². The molecule has 2 nitrogen and oxygen atoms in total. The van der Waals surface area contributed by atoms with Crippen molar-refractivity contribution in [2.45, 2.75) is 37.7 Å². The zero-order valence-corrected chi connectivity index (χ0v) is 11.8. The van der Waals surface area contributed by atoms with Crippen LogP contribution in [0.2, 0.25) is 0 Å². The maximum absolute atomic E-state index is 13.6. The molecular formula is C14H17BrFNO. The van der Waals surface area contributed by atoms with Crippen LogP contribution in [0.15, 0.2) is 16.6 Å². The van der Waals surface area contributed by atoms with Gasteiger partial charge >= 0.3 is 0 Å². The van der Waals surface area contributed by atoms with Gasteiger partial charge in [-0.25, -0.2) is 4.39 Å². The van der Waals surface area contributed by atoms with Crippen LogP contribution < -0.4 is 10.1 Å². The third-order valence-corrected chi connectivity index (χ3v) is 4.21. The van der Waals surface area contributed by atoms with E-state index in [1.807, 2.05) is 0 Å². The molecule has 98 valence electrons. The summed E-state index contributed by atoms with van der Waals surface area (Å²) in [5.41, 5.74) is 1.04. The van der Waals surface area contributed by atoms with Crippen molar-refractivity contribution >= 4 is 15.9 Å². The third kappa shape index (κ3) is 2.69. The molecule has 1 heterocycles. The summed E-state index contributed by atoms with van der Waals surface area (Å²) in [6, 6.07) is 3.15. The Kier molecular flexibility index (Phi) is 3.57. The zero-order valence-electron chi connectivity index (χ0n) is 10.2. The normalized spacial score (nSPS) is 21.0. The summed E-state index contributed by atoms with van der Waals surface area (Å²) in [6.45, 7) is 2.00. The second-order valence-corrected chi connectivity index (χ2v) is 6.00. The molecule has 0 radical (unpaired) electrons. The Hall–Kier alpha value is -0.610. The first kappa shape index (κ1) is 12.4. The quantitative estimate of drug-likeness (QED) is 0.920. The van der Waals surface area contributed by atoms with Crippen LogP contribution in [0.3, 0.4) is 0 Å². The molecule has 0 aromatic heterocycles. The van der Waals surface area contributed by atoms with Crippen LogP contribution in [0.5, 0.6) is 5.75 Å². The van der Waals surface area contributed by atoms with E-state index in [9.17, 15) is 4.39 Å². The van der Waals surface area contributed by atoms with Gasteiger partial charge in [-0.05, 0) is 72.8 Å². The largest absolute Gasteiger partial charge is 0.489 e. The summed E-state index contributed by atoms with van der Waals surface area (Å²) in [7, 11) is 0. The maximum atomic E-state index is 13.6. The maximum Gasteiger partial charge on any atom is 0.137 e. The first-order valence-corrected chi connectivity index (χ1v) is 7.39. The van der Waals surface area contributed by atoms with Crippen molar-refractivity contribution in [1.82, 2.24) is 5.32 Å². The fraction of sp³-hybridized carbons (Fsp3) is 0.571. The Morgan fingerprint density at radius 1 is 1.17 bits per heavy atom. The van der Waals surface area contributed by atoms with Crippen molar-refractivity contribution in [2.24, 2.45) is 0 Å². The van der Waals surface area contributed by atoms with Gasteiger partial charge in [-0.2, -0.15) is 0 Å². The average Bonchev–Trinajstić information content (AvgIpc) is 3.17. The van der Waals surface area contributed by atoms with Crippen LogP contribution in [0.1, 0.15) is 37.2 Å². The number of piperidine rings is 1. The van der Waals surface area contributed by atoms with E-state index in [4.69, 9.17) is 4.74 Å². The summed E-state index contributed by atoms with van der Waals surface area (Å²) in [5.74, 6) is 1.09. The lowest BCUT2D eigenvalue weighted by Gasteiger charge is -2.25. The van der Waals surface area contributed by atoms with Crippen molar-refractivity contribution in [1.29, 1.82) is 0 Å². The highest BCUT2D eigenvalue weighted by Crippen LogP contribution is 2.41. The monoisotopic (exact) mass is 313 g/mol. The lowest BCUT2D eigenvalue weighted by Crippen LogP contribution is -2.27. The molecule has 4 heteroatoms. The SMILES string of the molecule is Fc1cc(Br)c(OC2CC2)c(C2CCNCC2)c1. The summed E-state index contributed by atoms with van der Waals surface area (Å²) in [4.78, 5) is 0. The first-order valence-electron chi connectivity index (χ1n) is 6.60. The minimum absolute atomic E-state index is 0.182. The molecule has 2 fully saturated rings. The first-order chi connectivity index (χ1) is 8.74. The molecule has 1 aliphatic heterocycles. The molecule has 3 rings (SSSR count). The molecule has 2 aliphatic rings. The van der Waals surface area contributed by atoms with Crippen LogP contribution in [0, 0.1) is 5.82 Å². The van der Waals surface area contributed by atoms with E-state index in [0.717, 1.165) is 54.6 Å². The number of hydrogen-bond acceptors (Lipinski definition) is 2. The topological polar surface area (TPSA) is 21.3 Å². The summed E-state index contributed by atoms with van der Waals surface area (Å²) in [6.07, 6.45) is 4.69. The number of rotatable bonds is 3. The van der Waals surface area contributed by atoms with Crippen LogP contribution in [0.25, 0.3) is 0 Å². The van der Waals surface area contributed by atoms with E-state index in [-0.39, 0.29) is 5.82 Å². The minimum Gasteiger partial charge on any atom is -0.489 e. The molecule has 18 heavy (non-hydrogen) atoms. The number of ether oxygens (including phenoxy) is 1. The minimum atomic E-state index is -0.182. The van der Waals surface area contributed by atoms with Crippen molar-refractivity contribution in [2.75, 3.05) is 13.1 Å². The van der Waals surface area contributed by atoms with Crippen LogP contribution in [-0.4, -0.2) is 19.2 Å². The van der Waals surface area contributed by atoms with Crippen LogP contribution in [0.4, 0.5) is 4.39 Å². The van der Waals surface area contributed by atoms with E-state index in [2.05, 4.69) is 21.2 Å². The molecule has 1 saturated carbocycles. The van der Waals surface area contributed by atoms with Gasteiger partial charge in [0, 0.05) is 5.56 Å². The van der Waals surface area contributed by atoms with E-state index in [1.165, 1.54) is 6.07 Å². The highest BCUT2D eigenvalue weighted by atomic mass is 79.9. The molecule has 1 saturated heterocycles.